The molecule has 5 nitrogen and oxygen atoms in total. The summed E-state index contributed by atoms with van der Waals surface area (Å²) in [6, 6.07) is 8.09. The first-order chi connectivity index (χ1) is 10.4. The van der Waals surface area contributed by atoms with E-state index in [0.29, 0.717) is 12.3 Å². The van der Waals surface area contributed by atoms with Gasteiger partial charge in [0.2, 0.25) is 5.95 Å². The van der Waals surface area contributed by atoms with Crippen LogP contribution in [0.3, 0.4) is 0 Å². The van der Waals surface area contributed by atoms with Gasteiger partial charge in [0.25, 0.3) is 0 Å². The van der Waals surface area contributed by atoms with Crippen LogP contribution in [0.5, 0.6) is 5.75 Å². The normalized spacial score (nSPS) is 11.1. The standard InChI is InChI=1S/C14H15F3N4O/c1-18-13-20-11(14(15,16)17)7-12(21-13)19-8-9-4-3-5-10(6-9)22-2/h3-7H,8H2,1-2H3,(H2,18,19,20,21). The number of hydrogen-bond donors (Lipinski definition) is 2. The lowest BCUT2D eigenvalue weighted by Gasteiger charge is -2.12. The highest BCUT2D eigenvalue weighted by molar-refractivity contribution is 5.43. The van der Waals surface area contributed by atoms with Crippen LogP contribution in [0, 0.1) is 0 Å². The molecule has 118 valence electrons. The quantitative estimate of drug-likeness (QED) is 0.888. The fraction of sp³-hybridized carbons (Fsp3) is 0.286. The van der Waals surface area contributed by atoms with Gasteiger partial charge in [-0.25, -0.2) is 4.98 Å². The number of methoxy groups -OCH3 is 1. The number of nitrogens with one attached hydrogen (secondary N) is 2. The first kappa shape index (κ1) is 15.9. The van der Waals surface area contributed by atoms with Crippen LogP contribution in [0.1, 0.15) is 11.3 Å². The zero-order valence-electron chi connectivity index (χ0n) is 12.0. The van der Waals surface area contributed by atoms with Crippen LogP contribution in [-0.4, -0.2) is 24.1 Å². The van der Waals surface area contributed by atoms with Crippen molar-refractivity contribution in [1.29, 1.82) is 0 Å². The summed E-state index contributed by atoms with van der Waals surface area (Å²) in [7, 11) is 3.01. The van der Waals surface area contributed by atoms with Gasteiger partial charge in [0.15, 0.2) is 5.69 Å². The first-order valence-corrected chi connectivity index (χ1v) is 6.43. The highest BCUT2D eigenvalue weighted by Crippen LogP contribution is 2.29. The number of aromatic nitrogens is 2. The molecule has 0 spiro atoms. The molecule has 0 amide bonds. The van der Waals surface area contributed by atoms with Crippen molar-refractivity contribution in [2.45, 2.75) is 12.7 Å². The molecule has 8 heteroatoms. The topological polar surface area (TPSA) is 59.1 Å². The molecule has 1 aromatic carbocycles. The van der Waals surface area contributed by atoms with Crippen molar-refractivity contribution in [2.75, 3.05) is 24.8 Å². The van der Waals surface area contributed by atoms with Crippen LogP contribution in [0.2, 0.25) is 0 Å². The van der Waals surface area contributed by atoms with Crippen LogP contribution in [0.25, 0.3) is 0 Å². The summed E-state index contributed by atoms with van der Waals surface area (Å²) < 4.78 is 43.4. The number of hydrogen-bond acceptors (Lipinski definition) is 5. The second-order valence-electron chi connectivity index (χ2n) is 4.41. The summed E-state index contributed by atoms with van der Waals surface area (Å²) in [5, 5.41) is 5.37. The Morgan fingerprint density at radius 1 is 1.18 bits per heavy atom. The van der Waals surface area contributed by atoms with Crippen molar-refractivity contribution < 1.29 is 17.9 Å². The molecular formula is C14H15F3N4O. The van der Waals surface area contributed by atoms with Crippen molar-refractivity contribution in [3.63, 3.8) is 0 Å². The molecule has 1 heterocycles. The predicted octanol–water partition coefficient (Wildman–Crippen LogP) is 3.16. The van der Waals surface area contributed by atoms with Gasteiger partial charge in [0, 0.05) is 19.7 Å². The molecule has 0 aliphatic rings. The number of halogens is 3. The van der Waals surface area contributed by atoms with Gasteiger partial charge in [-0.3, -0.25) is 0 Å². The number of anilines is 2. The van der Waals surface area contributed by atoms with E-state index in [1.165, 1.54) is 7.05 Å². The molecule has 0 radical (unpaired) electrons. The molecule has 2 N–H and O–H groups in total. The summed E-state index contributed by atoms with van der Waals surface area (Å²) in [5.74, 6) is 0.673. The van der Waals surface area contributed by atoms with Crippen LogP contribution in [0.15, 0.2) is 30.3 Å². The average molecular weight is 312 g/mol. The van der Waals surface area contributed by atoms with Crippen LogP contribution in [0.4, 0.5) is 24.9 Å². The zero-order valence-corrected chi connectivity index (χ0v) is 12.0. The summed E-state index contributed by atoms with van der Waals surface area (Å²) in [5.41, 5.74) is -0.141. The molecule has 0 bridgehead atoms. The average Bonchev–Trinajstić information content (AvgIpc) is 2.52. The monoisotopic (exact) mass is 312 g/mol. The van der Waals surface area contributed by atoms with Gasteiger partial charge >= 0.3 is 6.18 Å². The fourth-order valence-corrected chi connectivity index (χ4v) is 1.77. The van der Waals surface area contributed by atoms with Crippen LogP contribution >= 0.6 is 0 Å². The van der Waals surface area contributed by atoms with Gasteiger partial charge in [-0.2, -0.15) is 18.2 Å². The van der Waals surface area contributed by atoms with Crippen molar-refractivity contribution in [1.82, 2.24) is 9.97 Å². The molecule has 0 fully saturated rings. The van der Waals surface area contributed by atoms with Crippen LogP contribution in [-0.2, 0) is 12.7 Å². The maximum absolute atomic E-state index is 12.8. The molecule has 22 heavy (non-hydrogen) atoms. The lowest BCUT2D eigenvalue weighted by Crippen LogP contribution is -2.13. The smallest absolute Gasteiger partial charge is 0.433 e. The maximum Gasteiger partial charge on any atom is 0.433 e. The van der Waals surface area contributed by atoms with Gasteiger partial charge in [-0.05, 0) is 17.7 Å². The van der Waals surface area contributed by atoms with Gasteiger partial charge in [0.1, 0.15) is 11.6 Å². The van der Waals surface area contributed by atoms with E-state index < -0.39 is 11.9 Å². The lowest BCUT2D eigenvalue weighted by molar-refractivity contribution is -0.141. The van der Waals surface area contributed by atoms with E-state index in [9.17, 15) is 13.2 Å². The van der Waals surface area contributed by atoms with Gasteiger partial charge in [-0.1, -0.05) is 12.1 Å². The minimum Gasteiger partial charge on any atom is -0.497 e. The zero-order chi connectivity index (χ0) is 16.2. The molecule has 0 atom stereocenters. The summed E-state index contributed by atoms with van der Waals surface area (Å²) in [6.45, 7) is 0.314. The van der Waals surface area contributed by atoms with E-state index in [1.54, 1.807) is 25.3 Å². The molecule has 0 aliphatic heterocycles. The fourth-order valence-electron chi connectivity index (χ4n) is 1.77. The molecular weight excluding hydrogens is 297 g/mol. The van der Waals surface area contributed by atoms with Gasteiger partial charge < -0.3 is 15.4 Å². The predicted molar refractivity (Wildman–Crippen MR) is 76.9 cm³/mol. The highest BCUT2D eigenvalue weighted by Gasteiger charge is 2.33. The molecule has 0 saturated carbocycles. The Morgan fingerprint density at radius 2 is 1.95 bits per heavy atom. The van der Waals surface area contributed by atoms with Crippen molar-refractivity contribution in [2.24, 2.45) is 0 Å². The Morgan fingerprint density at radius 3 is 2.59 bits per heavy atom. The van der Waals surface area contributed by atoms with Crippen molar-refractivity contribution in [3.05, 3.63) is 41.6 Å². The van der Waals surface area contributed by atoms with E-state index >= 15 is 0 Å². The summed E-state index contributed by atoms with van der Waals surface area (Å²) >= 11 is 0. The van der Waals surface area contributed by atoms with Crippen molar-refractivity contribution in [3.8, 4) is 5.75 Å². The van der Waals surface area contributed by atoms with E-state index in [4.69, 9.17) is 4.74 Å². The third-order valence-corrected chi connectivity index (χ3v) is 2.85. The second kappa shape index (κ2) is 6.50. The van der Waals surface area contributed by atoms with E-state index in [1.807, 2.05) is 6.07 Å². The third-order valence-electron chi connectivity index (χ3n) is 2.85. The van der Waals surface area contributed by atoms with E-state index in [-0.39, 0.29) is 11.8 Å². The maximum atomic E-state index is 12.8. The van der Waals surface area contributed by atoms with E-state index in [0.717, 1.165) is 11.6 Å². The first-order valence-electron chi connectivity index (χ1n) is 6.43. The molecule has 0 saturated heterocycles. The Balaban J connectivity index is 2.18. The Kier molecular flexibility index (Phi) is 4.69. The summed E-state index contributed by atoms with van der Waals surface area (Å²) in [4.78, 5) is 7.36. The molecule has 1 aromatic heterocycles. The van der Waals surface area contributed by atoms with Crippen LogP contribution < -0.4 is 15.4 Å². The minimum absolute atomic E-state index is 0.0921. The largest absolute Gasteiger partial charge is 0.497 e. The number of nitrogens with zero attached hydrogens (tertiary/aromatic N) is 2. The number of benzene rings is 1. The number of ether oxygens (including phenoxy) is 1. The van der Waals surface area contributed by atoms with Gasteiger partial charge in [-0.15, -0.1) is 0 Å². The minimum atomic E-state index is -4.53. The lowest BCUT2D eigenvalue weighted by atomic mass is 10.2. The molecule has 2 aromatic rings. The second-order valence-corrected chi connectivity index (χ2v) is 4.41. The van der Waals surface area contributed by atoms with Crippen molar-refractivity contribution >= 4 is 11.8 Å². The molecule has 0 unspecified atom stereocenters. The molecule has 0 aliphatic carbocycles. The van der Waals surface area contributed by atoms with E-state index in [2.05, 4.69) is 20.6 Å². The Bertz CT molecular complexity index is 646. The third kappa shape index (κ3) is 4.00. The highest BCUT2D eigenvalue weighted by atomic mass is 19.4. The number of alkyl halides is 3. The number of rotatable bonds is 5. The Hall–Kier alpha value is -2.51. The SMILES string of the molecule is CNc1nc(NCc2cccc(OC)c2)cc(C(F)(F)F)n1. The summed E-state index contributed by atoms with van der Waals surface area (Å²) in [6.07, 6.45) is -4.53. The Labute approximate surface area is 125 Å². The molecule has 2 rings (SSSR count). The van der Waals surface area contributed by atoms with Gasteiger partial charge in [0.05, 0.1) is 7.11 Å².